The van der Waals surface area contributed by atoms with E-state index in [1.807, 2.05) is 50.2 Å². The molecule has 23 heavy (non-hydrogen) atoms. The number of aryl methyl sites for hydroxylation is 3. The van der Waals surface area contributed by atoms with Crippen LogP contribution in [0.2, 0.25) is 0 Å². The predicted octanol–water partition coefficient (Wildman–Crippen LogP) is 4.06. The van der Waals surface area contributed by atoms with Gasteiger partial charge in [0.05, 0.1) is 12.8 Å². The van der Waals surface area contributed by atoms with Crippen molar-refractivity contribution in [3.63, 3.8) is 0 Å². The Morgan fingerprint density at radius 1 is 1.04 bits per heavy atom. The average molecular weight is 312 g/mol. The van der Waals surface area contributed by atoms with Crippen LogP contribution in [0.1, 0.15) is 23.1 Å². The molecular formula is C19H24N2O2. The fraction of sp³-hybridized carbons (Fsp3) is 0.316. The number of methoxy groups -OCH3 is 1. The van der Waals surface area contributed by atoms with Gasteiger partial charge in [-0.25, -0.2) is 0 Å². The van der Waals surface area contributed by atoms with Gasteiger partial charge in [0, 0.05) is 18.7 Å². The monoisotopic (exact) mass is 312 g/mol. The van der Waals surface area contributed by atoms with Crippen molar-refractivity contribution in [2.45, 2.75) is 27.2 Å². The molecule has 0 radical (unpaired) electrons. The summed E-state index contributed by atoms with van der Waals surface area (Å²) in [6, 6.07) is 11.9. The number of anilines is 2. The summed E-state index contributed by atoms with van der Waals surface area (Å²) in [5.41, 5.74) is 5.28. The first-order valence-corrected chi connectivity index (χ1v) is 7.75. The molecule has 4 heteroatoms. The third kappa shape index (κ3) is 4.74. The van der Waals surface area contributed by atoms with E-state index in [1.165, 1.54) is 11.1 Å². The Morgan fingerprint density at radius 2 is 1.83 bits per heavy atom. The van der Waals surface area contributed by atoms with E-state index in [2.05, 4.69) is 17.6 Å². The number of carbonyl (C=O) groups excluding carboxylic acids is 1. The normalized spacial score (nSPS) is 10.3. The van der Waals surface area contributed by atoms with Crippen molar-refractivity contribution in [1.82, 2.24) is 0 Å². The van der Waals surface area contributed by atoms with Gasteiger partial charge in [0.15, 0.2) is 0 Å². The third-order valence-electron chi connectivity index (χ3n) is 3.81. The van der Waals surface area contributed by atoms with E-state index in [1.54, 1.807) is 7.11 Å². The summed E-state index contributed by atoms with van der Waals surface area (Å²) in [5, 5.41) is 6.18. The zero-order valence-corrected chi connectivity index (χ0v) is 14.2. The Bertz CT molecular complexity index is 696. The maximum absolute atomic E-state index is 12.0. The molecule has 0 saturated heterocycles. The summed E-state index contributed by atoms with van der Waals surface area (Å²) in [7, 11) is 1.64. The second-order valence-electron chi connectivity index (χ2n) is 5.73. The highest BCUT2D eigenvalue weighted by atomic mass is 16.5. The number of hydrogen-bond acceptors (Lipinski definition) is 3. The van der Waals surface area contributed by atoms with Crippen molar-refractivity contribution < 1.29 is 9.53 Å². The largest absolute Gasteiger partial charge is 0.495 e. The minimum atomic E-state index is -0.00706. The lowest BCUT2D eigenvalue weighted by molar-refractivity contribution is -0.115. The molecule has 0 spiro atoms. The number of carbonyl (C=O) groups is 1. The van der Waals surface area contributed by atoms with Gasteiger partial charge in [-0.05, 0) is 61.7 Å². The van der Waals surface area contributed by atoms with Crippen molar-refractivity contribution >= 4 is 17.3 Å². The fourth-order valence-electron chi connectivity index (χ4n) is 2.31. The maximum atomic E-state index is 12.0. The molecule has 0 aliphatic rings. The number of nitrogens with one attached hydrogen (secondary N) is 2. The van der Waals surface area contributed by atoms with E-state index in [0.29, 0.717) is 13.0 Å². The molecule has 1 amide bonds. The Morgan fingerprint density at radius 3 is 2.52 bits per heavy atom. The van der Waals surface area contributed by atoms with E-state index in [-0.39, 0.29) is 5.91 Å². The van der Waals surface area contributed by atoms with Crippen LogP contribution in [-0.2, 0) is 4.79 Å². The van der Waals surface area contributed by atoms with Crippen LogP contribution in [0.25, 0.3) is 0 Å². The minimum absolute atomic E-state index is 0.00706. The lowest BCUT2D eigenvalue weighted by Gasteiger charge is -2.12. The molecular weight excluding hydrogens is 288 g/mol. The highest BCUT2D eigenvalue weighted by Gasteiger charge is 2.06. The van der Waals surface area contributed by atoms with Crippen molar-refractivity contribution in [2.24, 2.45) is 0 Å². The zero-order valence-electron chi connectivity index (χ0n) is 14.2. The minimum Gasteiger partial charge on any atom is -0.495 e. The van der Waals surface area contributed by atoms with Gasteiger partial charge in [0.2, 0.25) is 5.91 Å². The quantitative estimate of drug-likeness (QED) is 0.845. The number of rotatable bonds is 6. The van der Waals surface area contributed by atoms with Gasteiger partial charge in [0.25, 0.3) is 0 Å². The second-order valence-corrected chi connectivity index (χ2v) is 5.73. The van der Waals surface area contributed by atoms with Crippen molar-refractivity contribution in [3.8, 4) is 5.75 Å². The fourth-order valence-corrected chi connectivity index (χ4v) is 2.31. The predicted molar refractivity (Wildman–Crippen MR) is 95.4 cm³/mol. The third-order valence-corrected chi connectivity index (χ3v) is 3.81. The van der Waals surface area contributed by atoms with Crippen molar-refractivity contribution in [1.29, 1.82) is 0 Å². The summed E-state index contributed by atoms with van der Waals surface area (Å²) in [5.74, 6) is 0.776. The van der Waals surface area contributed by atoms with Crippen LogP contribution in [0.4, 0.5) is 11.4 Å². The summed E-state index contributed by atoms with van der Waals surface area (Å²) in [6.45, 7) is 6.67. The Hall–Kier alpha value is -2.49. The first kappa shape index (κ1) is 16.9. The van der Waals surface area contributed by atoms with Crippen LogP contribution in [0.3, 0.4) is 0 Å². The summed E-state index contributed by atoms with van der Waals surface area (Å²) < 4.78 is 5.31. The molecule has 0 aromatic heterocycles. The van der Waals surface area contributed by atoms with E-state index in [9.17, 15) is 4.79 Å². The zero-order chi connectivity index (χ0) is 16.8. The molecule has 0 heterocycles. The van der Waals surface area contributed by atoms with E-state index >= 15 is 0 Å². The molecule has 0 atom stereocenters. The molecule has 2 N–H and O–H groups in total. The standard InChI is InChI=1S/C19H24N2O2/c1-13-5-8-18(23-4)17(11-13)20-10-9-19(22)21-16-7-6-14(2)15(3)12-16/h5-8,11-12,20H,9-10H2,1-4H3,(H,21,22). The lowest BCUT2D eigenvalue weighted by Crippen LogP contribution is -2.16. The van der Waals surface area contributed by atoms with Crippen LogP contribution in [0, 0.1) is 20.8 Å². The van der Waals surface area contributed by atoms with Crippen molar-refractivity contribution in [2.75, 3.05) is 24.3 Å². The number of amides is 1. The summed E-state index contributed by atoms with van der Waals surface area (Å²) in [4.78, 5) is 12.0. The molecule has 4 nitrogen and oxygen atoms in total. The highest BCUT2D eigenvalue weighted by Crippen LogP contribution is 2.25. The number of ether oxygens (including phenoxy) is 1. The van der Waals surface area contributed by atoms with E-state index in [0.717, 1.165) is 22.7 Å². The van der Waals surface area contributed by atoms with Gasteiger partial charge >= 0.3 is 0 Å². The van der Waals surface area contributed by atoms with Crippen LogP contribution in [-0.4, -0.2) is 19.6 Å². The van der Waals surface area contributed by atoms with Gasteiger partial charge in [-0.2, -0.15) is 0 Å². The highest BCUT2D eigenvalue weighted by molar-refractivity contribution is 5.91. The smallest absolute Gasteiger partial charge is 0.226 e. The lowest BCUT2D eigenvalue weighted by atomic mass is 10.1. The summed E-state index contributed by atoms with van der Waals surface area (Å²) in [6.07, 6.45) is 0.393. The Balaban J connectivity index is 1.87. The first-order chi connectivity index (χ1) is 11.0. The molecule has 0 unspecified atom stereocenters. The first-order valence-electron chi connectivity index (χ1n) is 7.75. The maximum Gasteiger partial charge on any atom is 0.226 e. The van der Waals surface area contributed by atoms with E-state index < -0.39 is 0 Å². The van der Waals surface area contributed by atoms with Gasteiger partial charge < -0.3 is 15.4 Å². The van der Waals surface area contributed by atoms with Crippen molar-refractivity contribution in [3.05, 3.63) is 53.1 Å². The molecule has 0 fully saturated rings. The van der Waals surface area contributed by atoms with Crippen LogP contribution < -0.4 is 15.4 Å². The number of hydrogen-bond donors (Lipinski definition) is 2. The molecule has 2 aromatic rings. The molecule has 0 aliphatic carbocycles. The molecule has 0 bridgehead atoms. The van der Waals surface area contributed by atoms with Crippen LogP contribution in [0.15, 0.2) is 36.4 Å². The number of benzene rings is 2. The Labute approximate surface area is 137 Å². The average Bonchev–Trinajstić information content (AvgIpc) is 2.51. The van der Waals surface area contributed by atoms with Crippen LogP contribution >= 0.6 is 0 Å². The topological polar surface area (TPSA) is 50.4 Å². The van der Waals surface area contributed by atoms with Gasteiger partial charge in [0.1, 0.15) is 5.75 Å². The second kappa shape index (κ2) is 7.68. The molecule has 2 rings (SSSR count). The molecule has 122 valence electrons. The van der Waals surface area contributed by atoms with Gasteiger partial charge in [-0.3, -0.25) is 4.79 Å². The molecule has 0 aliphatic heterocycles. The van der Waals surface area contributed by atoms with Gasteiger partial charge in [-0.15, -0.1) is 0 Å². The molecule has 0 saturated carbocycles. The van der Waals surface area contributed by atoms with Crippen LogP contribution in [0.5, 0.6) is 5.75 Å². The summed E-state index contributed by atoms with van der Waals surface area (Å²) >= 11 is 0. The molecule has 2 aromatic carbocycles. The van der Waals surface area contributed by atoms with E-state index in [4.69, 9.17) is 4.74 Å². The Kier molecular flexibility index (Phi) is 5.63. The van der Waals surface area contributed by atoms with Gasteiger partial charge in [-0.1, -0.05) is 12.1 Å². The SMILES string of the molecule is COc1ccc(C)cc1NCCC(=O)Nc1ccc(C)c(C)c1.